The minimum absolute atomic E-state index is 0.0965. The number of nitrogens with zero attached hydrogens (tertiary/aromatic N) is 5. The van der Waals surface area contributed by atoms with Crippen LogP contribution in [0.25, 0.3) is 0 Å². The van der Waals surface area contributed by atoms with Gasteiger partial charge in [-0.05, 0) is 44.7 Å². The van der Waals surface area contributed by atoms with E-state index in [4.69, 9.17) is 14.5 Å². The lowest BCUT2D eigenvalue weighted by Gasteiger charge is -2.41. The molecular weight excluding hydrogens is 402 g/mol. The second kappa shape index (κ2) is 9.16. The van der Waals surface area contributed by atoms with Gasteiger partial charge < -0.3 is 14.4 Å². The molecule has 0 radical (unpaired) electrons. The number of ether oxygens (including phenoxy) is 2. The SMILES string of the molecule is COC1CC(CN2CCN(c3cc(C4=NCc5cnc(OC(C)C)cc54)ccn3)CC2)C1. The van der Waals surface area contributed by atoms with E-state index in [0.717, 1.165) is 60.3 Å². The number of rotatable bonds is 7. The highest BCUT2D eigenvalue weighted by atomic mass is 16.5. The fourth-order valence-corrected chi connectivity index (χ4v) is 4.89. The lowest BCUT2D eigenvalue weighted by Crippen LogP contribution is -2.50. The summed E-state index contributed by atoms with van der Waals surface area (Å²) < 4.78 is 11.2. The lowest BCUT2D eigenvalue weighted by atomic mass is 9.82. The monoisotopic (exact) mass is 435 g/mol. The van der Waals surface area contributed by atoms with E-state index in [1.165, 1.54) is 19.4 Å². The van der Waals surface area contributed by atoms with Crippen molar-refractivity contribution in [2.45, 2.75) is 45.4 Å². The van der Waals surface area contributed by atoms with Gasteiger partial charge in [-0.2, -0.15) is 0 Å². The summed E-state index contributed by atoms with van der Waals surface area (Å²) in [5.41, 5.74) is 4.39. The molecule has 1 saturated heterocycles. The molecule has 7 nitrogen and oxygen atoms in total. The molecule has 32 heavy (non-hydrogen) atoms. The molecule has 0 unspecified atom stereocenters. The third-order valence-electron chi connectivity index (χ3n) is 6.74. The molecule has 170 valence electrons. The van der Waals surface area contributed by atoms with Crippen LogP contribution in [0.2, 0.25) is 0 Å². The fraction of sp³-hybridized carbons (Fsp3) is 0.560. The smallest absolute Gasteiger partial charge is 0.214 e. The van der Waals surface area contributed by atoms with Crippen molar-refractivity contribution in [1.82, 2.24) is 14.9 Å². The van der Waals surface area contributed by atoms with Crippen LogP contribution in [0.4, 0.5) is 5.82 Å². The van der Waals surface area contributed by atoms with Gasteiger partial charge in [0.1, 0.15) is 5.82 Å². The minimum atomic E-state index is 0.0965. The van der Waals surface area contributed by atoms with Crippen molar-refractivity contribution in [3.05, 3.63) is 47.3 Å². The van der Waals surface area contributed by atoms with Crippen LogP contribution in [-0.4, -0.2) is 72.6 Å². The van der Waals surface area contributed by atoms with Crippen molar-refractivity contribution in [1.29, 1.82) is 0 Å². The number of pyridine rings is 2. The quantitative estimate of drug-likeness (QED) is 0.666. The molecule has 2 aliphatic heterocycles. The lowest BCUT2D eigenvalue weighted by molar-refractivity contribution is -0.0113. The van der Waals surface area contributed by atoms with Gasteiger partial charge in [0.25, 0.3) is 0 Å². The van der Waals surface area contributed by atoms with Crippen molar-refractivity contribution >= 4 is 11.5 Å². The first-order valence-electron chi connectivity index (χ1n) is 11.8. The second-order valence-electron chi connectivity index (χ2n) is 9.40. The Bertz CT molecular complexity index is 978. The van der Waals surface area contributed by atoms with Crippen LogP contribution in [0.15, 0.2) is 35.6 Å². The van der Waals surface area contributed by atoms with E-state index in [1.807, 2.05) is 39.4 Å². The van der Waals surface area contributed by atoms with Crippen molar-refractivity contribution in [3.63, 3.8) is 0 Å². The average molecular weight is 436 g/mol. The Morgan fingerprint density at radius 3 is 2.66 bits per heavy atom. The van der Waals surface area contributed by atoms with Crippen LogP contribution < -0.4 is 9.64 Å². The zero-order valence-electron chi connectivity index (χ0n) is 19.3. The molecule has 0 atom stereocenters. The van der Waals surface area contributed by atoms with Crippen molar-refractivity contribution < 1.29 is 9.47 Å². The molecule has 7 heteroatoms. The number of hydrogen-bond donors (Lipinski definition) is 0. The molecule has 4 heterocycles. The predicted molar refractivity (Wildman–Crippen MR) is 126 cm³/mol. The summed E-state index contributed by atoms with van der Waals surface area (Å²) in [4.78, 5) is 18.9. The molecule has 1 saturated carbocycles. The summed E-state index contributed by atoms with van der Waals surface area (Å²) >= 11 is 0. The molecule has 3 aliphatic rings. The van der Waals surface area contributed by atoms with Gasteiger partial charge in [0.15, 0.2) is 0 Å². The highest BCUT2D eigenvalue weighted by Gasteiger charge is 2.31. The van der Waals surface area contributed by atoms with Gasteiger partial charge in [-0.1, -0.05) is 0 Å². The molecule has 2 fully saturated rings. The molecule has 2 aromatic rings. The Labute approximate surface area is 190 Å². The Kier molecular flexibility index (Phi) is 6.11. The van der Waals surface area contributed by atoms with Gasteiger partial charge in [0.2, 0.25) is 5.88 Å². The zero-order chi connectivity index (χ0) is 22.1. The standard InChI is InChI=1S/C25H33N5O2/c1-17(2)32-24-13-22-20(14-27-24)15-28-25(22)19-4-5-26-23(12-19)30-8-6-29(7-9-30)16-18-10-21(11-18)31-3/h4-5,12-14,17-18,21H,6-11,15-16H2,1-3H3. The zero-order valence-corrected chi connectivity index (χ0v) is 19.3. The number of anilines is 1. The van der Waals surface area contributed by atoms with E-state index in [9.17, 15) is 0 Å². The number of piperazine rings is 1. The Balaban J connectivity index is 1.24. The Morgan fingerprint density at radius 2 is 1.91 bits per heavy atom. The second-order valence-corrected chi connectivity index (χ2v) is 9.40. The fourth-order valence-electron chi connectivity index (χ4n) is 4.89. The first-order valence-corrected chi connectivity index (χ1v) is 11.8. The van der Waals surface area contributed by atoms with E-state index in [1.54, 1.807) is 0 Å². The molecule has 0 bridgehead atoms. The summed E-state index contributed by atoms with van der Waals surface area (Å²) in [6.45, 7) is 10.1. The van der Waals surface area contributed by atoms with Crippen molar-refractivity contribution in [3.8, 4) is 5.88 Å². The first kappa shape index (κ1) is 21.3. The summed E-state index contributed by atoms with van der Waals surface area (Å²) in [7, 11) is 1.83. The van der Waals surface area contributed by atoms with Gasteiger partial charge in [-0.15, -0.1) is 0 Å². The van der Waals surface area contributed by atoms with Crippen LogP contribution in [0.3, 0.4) is 0 Å². The molecule has 5 rings (SSSR count). The van der Waals surface area contributed by atoms with Crippen LogP contribution in [0.5, 0.6) is 5.88 Å². The summed E-state index contributed by atoms with van der Waals surface area (Å²) in [5.74, 6) is 2.49. The van der Waals surface area contributed by atoms with E-state index in [-0.39, 0.29) is 6.10 Å². The van der Waals surface area contributed by atoms with Gasteiger partial charge >= 0.3 is 0 Å². The molecule has 1 aliphatic carbocycles. The third-order valence-corrected chi connectivity index (χ3v) is 6.74. The number of aromatic nitrogens is 2. The van der Waals surface area contributed by atoms with Crippen LogP contribution >= 0.6 is 0 Å². The van der Waals surface area contributed by atoms with E-state index in [0.29, 0.717) is 18.5 Å². The van der Waals surface area contributed by atoms with Crippen molar-refractivity contribution in [2.75, 3.05) is 44.7 Å². The Morgan fingerprint density at radius 1 is 1.09 bits per heavy atom. The normalized spacial score (nSPS) is 23.1. The molecule has 0 N–H and O–H groups in total. The summed E-state index contributed by atoms with van der Waals surface area (Å²) in [5, 5.41) is 0. The van der Waals surface area contributed by atoms with Crippen molar-refractivity contribution in [2.24, 2.45) is 10.9 Å². The minimum Gasteiger partial charge on any atom is -0.475 e. The van der Waals surface area contributed by atoms with E-state index in [2.05, 4.69) is 31.9 Å². The largest absolute Gasteiger partial charge is 0.475 e. The topological polar surface area (TPSA) is 63.1 Å². The summed E-state index contributed by atoms with van der Waals surface area (Å²) in [6.07, 6.45) is 6.80. The Hall–Kier alpha value is -2.51. The molecule has 0 aromatic carbocycles. The number of fused-ring (bicyclic) bond motifs is 1. The number of methoxy groups -OCH3 is 1. The highest BCUT2D eigenvalue weighted by Crippen LogP contribution is 2.31. The number of hydrogen-bond acceptors (Lipinski definition) is 7. The van der Waals surface area contributed by atoms with Crippen LogP contribution in [0, 0.1) is 5.92 Å². The van der Waals surface area contributed by atoms with Gasteiger partial charge in [0.05, 0.1) is 24.5 Å². The number of aliphatic imine (C=N–C) groups is 1. The third kappa shape index (κ3) is 4.50. The van der Waals surface area contributed by atoms with E-state index < -0.39 is 0 Å². The maximum Gasteiger partial charge on any atom is 0.214 e. The maximum absolute atomic E-state index is 5.81. The molecular formula is C25H33N5O2. The molecule has 0 spiro atoms. The van der Waals surface area contributed by atoms with Gasteiger partial charge in [0, 0.05) is 75.0 Å². The van der Waals surface area contributed by atoms with Crippen LogP contribution in [-0.2, 0) is 11.3 Å². The van der Waals surface area contributed by atoms with Gasteiger partial charge in [-0.25, -0.2) is 9.97 Å². The average Bonchev–Trinajstić information content (AvgIpc) is 3.19. The summed E-state index contributed by atoms with van der Waals surface area (Å²) in [6, 6.07) is 6.26. The van der Waals surface area contributed by atoms with E-state index >= 15 is 0 Å². The van der Waals surface area contributed by atoms with Crippen LogP contribution in [0.1, 0.15) is 43.4 Å². The predicted octanol–water partition coefficient (Wildman–Crippen LogP) is 3.16. The first-order chi connectivity index (χ1) is 15.6. The molecule has 0 amide bonds. The maximum atomic E-state index is 5.81. The highest BCUT2D eigenvalue weighted by molar-refractivity contribution is 6.15. The van der Waals surface area contributed by atoms with Gasteiger partial charge in [-0.3, -0.25) is 9.89 Å². The molecule has 2 aromatic heterocycles.